The van der Waals surface area contributed by atoms with E-state index in [1.54, 1.807) is 78.0 Å². The minimum atomic E-state index is -1.21. The summed E-state index contributed by atoms with van der Waals surface area (Å²) in [5, 5.41) is 10.6. The molecule has 4 amide bonds. The first-order chi connectivity index (χ1) is 29.6. The van der Waals surface area contributed by atoms with Crippen molar-refractivity contribution in [1.82, 2.24) is 21.3 Å². The van der Waals surface area contributed by atoms with Crippen LogP contribution in [0.5, 0.6) is 11.5 Å². The lowest BCUT2D eigenvalue weighted by Gasteiger charge is -2.36. The van der Waals surface area contributed by atoms with Crippen molar-refractivity contribution in [2.45, 2.75) is 117 Å². The highest BCUT2D eigenvalue weighted by atomic mass is 16.6. The number of amides is 4. The summed E-state index contributed by atoms with van der Waals surface area (Å²) in [6.07, 6.45) is 3.37. The third-order valence-corrected chi connectivity index (χ3v) is 9.27. The Labute approximate surface area is 370 Å². The Bertz CT molecular complexity index is 1760. The van der Waals surface area contributed by atoms with E-state index in [0.29, 0.717) is 29.9 Å². The van der Waals surface area contributed by atoms with Crippen molar-refractivity contribution in [3.8, 4) is 11.5 Å². The second-order valence-corrected chi connectivity index (χ2v) is 16.6. The van der Waals surface area contributed by atoms with Crippen LogP contribution in [0.1, 0.15) is 93.6 Å². The maximum Gasteiger partial charge on any atom is 0.414 e. The van der Waals surface area contributed by atoms with Gasteiger partial charge in [0.05, 0.1) is 25.7 Å². The van der Waals surface area contributed by atoms with E-state index in [1.807, 2.05) is 13.8 Å². The zero-order chi connectivity index (χ0) is 47.3. The van der Waals surface area contributed by atoms with Crippen LogP contribution >= 0.6 is 0 Å². The number of aliphatic imine (C=N–C) groups is 1. The zero-order valence-corrected chi connectivity index (χ0v) is 38.3. The Hall–Kier alpha value is -6.07. The number of alkyl carbamates (subject to hydrolysis) is 3. The molecular weight excluding hydrogens is 819 g/mol. The van der Waals surface area contributed by atoms with E-state index in [1.165, 1.54) is 20.1 Å². The number of hydrogen-bond donors (Lipinski definition) is 4. The summed E-state index contributed by atoms with van der Waals surface area (Å²) in [5.74, 6) is -3.23. The lowest BCUT2D eigenvalue weighted by Crippen LogP contribution is -2.53. The van der Waals surface area contributed by atoms with Gasteiger partial charge < -0.3 is 43.8 Å². The van der Waals surface area contributed by atoms with Gasteiger partial charge in [-0.15, -0.1) is 0 Å². The van der Waals surface area contributed by atoms with Gasteiger partial charge in [-0.3, -0.25) is 20.2 Å². The first-order valence-corrected chi connectivity index (χ1v) is 21.0. The van der Waals surface area contributed by atoms with Crippen LogP contribution < -0.4 is 30.7 Å². The molecule has 0 spiro atoms. The number of carbonyl (C=O) groups excluding carboxylic acids is 6. The summed E-state index contributed by atoms with van der Waals surface area (Å²) in [6.45, 7) is 23.0. The molecule has 0 aliphatic heterocycles. The van der Waals surface area contributed by atoms with E-state index in [4.69, 9.17) is 38.2 Å². The number of nitrogens with zero attached hydrogens (tertiary/aromatic N) is 1. The zero-order valence-electron chi connectivity index (χ0n) is 38.3. The van der Waals surface area contributed by atoms with Crippen molar-refractivity contribution in [3.63, 3.8) is 0 Å². The van der Waals surface area contributed by atoms with Gasteiger partial charge in [-0.05, 0) is 84.1 Å². The number of methoxy groups -OCH3 is 1. The number of hydrogen-bond acceptors (Lipinski definition) is 14. The van der Waals surface area contributed by atoms with Crippen LogP contribution in [-0.4, -0.2) is 105 Å². The molecule has 4 unspecified atom stereocenters. The maximum atomic E-state index is 13.5. The third kappa shape index (κ3) is 19.2. The van der Waals surface area contributed by atoms with E-state index < -0.39 is 71.4 Å². The van der Waals surface area contributed by atoms with Crippen molar-refractivity contribution in [2.75, 3.05) is 33.5 Å². The minimum Gasteiger partial charge on any atom is -0.486 e. The number of esters is 2. The fourth-order valence-corrected chi connectivity index (χ4v) is 6.76. The molecule has 0 saturated heterocycles. The van der Waals surface area contributed by atoms with Gasteiger partial charge in [-0.1, -0.05) is 58.1 Å². The summed E-state index contributed by atoms with van der Waals surface area (Å²) in [4.78, 5) is 82.8. The number of guanidine groups is 1. The van der Waals surface area contributed by atoms with Gasteiger partial charge >= 0.3 is 30.2 Å². The summed E-state index contributed by atoms with van der Waals surface area (Å²) >= 11 is 0. The van der Waals surface area contributed by atoms with Crippen LogP contribution in [0.15, 0.2) is 54.6 Å². The van der Waals surface area contributed by atoms with E-state index in [0.717, 1.165) is 0 Å². The van der Waals surface area contributed by atoms with Crippen molar-refractivity contribution in [2.24, 2.45) is 22.7 Å². The molecule has 63 heavy (non-hydrogen) atoms. The van der Waals surface area contributed by atoms with Crippen LogP contribution in [0, 0.1) is 17.8 Å². The predicted molar refractivity (Wildman–Crippen MR) is 236 cm³/mol. The van der Waals surface area contributed by atoms with Crippen molar-refractivity contribution >= 4 is 48.2 Å². The molecule has 1 aliphatic rings. The van der Waals surface area contributed by atoms with Gasteiger partial charge in [0.15, 0.2) is 11.5 Å². The molecular formula is C45H67N5O13. The molecule has 2 rings (SSSR count). The molecule has 1 aromatic rings. The summed E-state index contributed by atoms with van der Waals surface area (Å²) in [5.41, 5.74) is -1.17. The number of benzene rings is 1. The normalized spacial score (nSPS) is 17.6. The molecule has 0 bridgehead atoms. The Morgan fingerprint density at radius 2 is 1.46 bits per heavy atom. The van der Waals surface area contributed by atoms with Crippen LogP contribution in [0.4, 0.5) is 14.4 Å². The topological polar surface area (TPSA) is 228 Å². The average molecular weight is 886 g/mol. The largest absolute Gasteiger partial charge is 0.486 e. The molecule has 18 nitrogen and oxygen atoms in total. The van der Waals surface area contributed by atoms with Crippen LogP contribution in [0.2, 0.25) is 0 Å². The van der Waals surface area contributed by atoms with Crippen LogP contribution in [0.25, 0.3) is 6.08 Å². The lowest BCUT2D eigenvalue weighted by atomic mass is 9.80. The molecule has 1 aliphatic carbocycles. The summed E-state index contributed by atoms with van der Waals surface area (Å²) in [7, 11) is 1.19. The fraction of sp³-hybridized carbons (Fsp3) is 0.578. The quantitative estimate of drug-likeness (QED) is 0.0212. The highest BCUT2D eigenvalue weighted by molar-refractivity contribution is 6.01. The van der Waals surface area contributed by atoms with E-state index in [-0.39, 0.29) is 57.0 Å². The molecule has 1 aromatic carbocycles. The Morgan fingerprint density at radius 1 is 0.873 bits per heavy atom. The van der Waals surface area contributed by atoms with E-state index in [2.05, 4.69) is 34.4 Å². The highest BCUT2D eigenvalue weighted by Crippen LogP contribution is 2.42. The molecule has 1 fully saturated rings. The summed E-state index contributed by atoms with van der Waals surface area (Å²) in [6, 6.07) is 3.51. The first kappa shape index (κ1) is 53.1. The third-order valence-electron chi connectivity index (χ3n) is 9.27. The monoisotopic (exact) mass is 885 g/mol. The number of carbonyl (C=O) groups is 6. The highest BCUT2D eigenvalue weighted by Gasteiger charge is 2.54. The Balaban J connectivity index is 2.34. The van der Waals surface area contributed by atoms with Crippen molar-refractivity contribution in [3.05, 3.63) is 55.1 Å². The SMILES string of the molecule is C=CCOc1ccc(/C=C/C(=O)OCCCNC(=O)OC2C(C(=O)OC)CC(N=C(NC(=O)OC(C)(C)C)NC(=O)OC(C)(C)C)C2[C@@H](NC(C)=O)C(CC)CC)cc1OCC=C. The van der Waals surface area contributed by atoms with E-state index >= 15 is 0 Å². The second kappa shape index (κ2) is 25.8. The molecule has 5 atom stereocenters. The predicted octanol–water partition coefficient (Wildman–Crippen LogP) is 6.38. The van der Waals surface area contributed by atoms with Crippen molar-refractivity contribution in [1.29, 1.82) is 0 Å². The van der Waals surface area contributed by atoms with Crippen LogP contribution in [0.3, 0.4) is 0 Å². The minimum absolute atomic E-state index is 0.0271. The Kier molecular flexibility index (Phi) is 21.7. The molecule has 0 radical (unpaired) electrons. The second-order valence-electron chi connectivity index (χ2n) is 16.6. The molecule has 0 heterocycles. The van der Waals surface area contributed by atoms with Crippen molar-refractivity contribution < 1.29 is 61.9 Å². The fourth-order valence-electron chi connectivity index (χ4n) is 6.76. The van der Waals surface area contributed by atoms with Gasteiger partial charge in [0.2, 0.25) is 11.9 Å². The maximum absolute atomic E-state index is 13.5. The summed E-state index contributed by atoms with van der Waals surface area (Å²) < 4.78 is 38.6. The lowest BCUT2D eigenvalue weighted by molar-refractivity contribution is -0.149. The average Bonchev–Trinajstić information content (AvgIpc) is 3.52. The Morgan fingerprint density at radius 3 is 1.98 bits per heavy atom. The van der Waals surface area contributed by atoms with Gasteiger partial charge in [-0.25, -0.2) is 24.2 Å². The molecule has 1 saturated carbocycles. The van der Waals surface area contributed by atoms with Gasteiger partial charge in [0.25, 0.3) is 0 Å². The number of nitrogens with one attached hydrogen (secondary N) is 4. The first-order valence-electron chi connectivity index (χ1n) is 21.0. The molecule has 0 aromatic heterocycles. The number of ether oxygens (including phenoxy) is 7. The van der Waals surface area contributed by atoms with Gasteiger partial charge in [0, 0.05) is 31.5 Å². The van der Waals surface area contributed by atoms with Gasteiger partial charge in [-0.2, -0.15) is 0 Å². The van der Waals surface area contributed by atoms with E-state index in [9.17, 15) is 28.8 Å². The standard InChI is InChI=1S/C45H67N5O13/c1-13-23-58-33-20-18-29(26-34(33)59-24-14-2)19-21-35(52)60-25-17-22-46-41(54)61-38-31(39(53)57-12)27-32(36(38)37(47-28(5)51)30(15-3)16-4)48-40(49-42(55)62-44(6,7)8)50-43(56)63-45(9,10)11/h13-14,18-21,26,30-32,36-38H,1-2,15-17,22-25,27H2,3-12H3,(H,46,54)(H,47,51)(H2,48,49,50,55,56)/b21-19+/t31?,32?,36?,37-,38?/m0/s1. The van der Waals surface area contributed by atoms with Gasteiger partial charge in [0.1, 0.15) is 30.5 Å². The molecule has 4 N–H and O–H groups in total. The number of rotatable bonds is 20. The smallest absolute Gasteiger partial charge is 0.414 e. The van der Waals surface area contributed by atoms with Crippen LogP contribution in [-0.2, 0) is 38.1 Å². The molecule has 350 valence electrons. The molecule has 18 heteroatoms.